The van der Waals surface area contributed by atoms with Crippen molar-refractivity contribution in [3.63, 3.8) is 0 Å². The third kappa shape index (κ3) is 16.6. The molecule has 150 valence electrons. The molecule has 0 aliphatic heterocycles. The molecule has 0 saturated heterocycles. The minimum absolute atomic E-state index is 0.195. The number of carbonyl (C=O) groups excluding carboxylic acids is 1. The van der Waals surface area contributed by atoms with Crippen LogP contribution in [0.4, 0.5) is 0 Å². The molecule has 1 unspecified atom stereocenters. The zero-order valence-electron chi connectivity index (χ0n) is 17.3. The van der Waals surface area contributed by atoms with Crippen LogP contribution in [0.2, 0.25) is 0 Å². The third-order valence-corrected chi connectivity index (χ3v) is 4.74. The first-order valence-corrected chi connectivity index (χ1v) is 11.0. The topological polar surface area (TPSA) is 35.5 Å². The fraction of sp³-hybridized carbons (Fsp3) is 0.955. The summed E-state index contributed by atoms with van der Waals surface area (Å²) in [6.45, 7) is 7.05. The highest BCUT2D eigenvalue weighted by Gasteiger charge is 2.18. The summed E-state index contributed by atoms with van der Waals surface area (Å²) in [6.07, 6.45) is 19.3. The lowest BCUT2D eigenvalue weighted by Gasteiger charge is -2.15. The van der Waals surface area contributed by atoms with E-state index in [-0.39, 0.29) is 12.1 Å². The molecule has 1 atom stereocenters. The summed E-state index contributed by atoms with van der Waals surface area (Å²) >= 11 is 0. The van der Waals surface area contributed by atoms with Gasteiger partial charge in [0, 0.05) is 6.61 Å². The van der Waals surface area contributed by atoms with Gasteiger partial charge in [0.2, 0.25) is 0 Å². The summed E-state index contributed by atoms with van der Waals surface area (Å²) in [6, 6.07) is 0. The largest absolute Gasteiger partial charge is 0.464 e. The standard InChI is InChI=1S/C22H44O3/c1-4-7-8-9-10-11-12-13-14-15-16-17-18-19-20-21(24-5-2)22(23)25-6-3/h21H,4-20H2,1-3H3. The molecule has 0 saturated carbocycles. The molecule has 0 aromatic rings. The second-order valence-electron chi connectivity index (χ2n) is 7.08. The van der Waals surface area contributed by atoms with Crippen molar-refractivity contribution in [3.8, 4) is 0 Å². The Balaban J connectivity index is 3.35. The third-order valence-electron chi connectivity index (χ3n) is 4.74. The first kappa shape index (κ1) is 24.4. The predicted molar refractivity (Wildman–Crippen MR) is 107 cm³/mol. The lowest BCUT2D eigenvalue weighted by molar-refractivity contribution is -0.156. The quantitative estimate of drug-likeness (QED) is 0.188. The summed E-state index contributed by atoms with van der Waals surface area (Å²) in [5.74, 6) is -0.195. The zero-order valence-corrected chi connectivity index (χ0v) is 17.3. The molecule has 25 heavy (non-hydrogen) atoms. The average Bonchev–Trinajstić information content (AvgIpc) is 2.61. The van der Waals surface area contributed by atoms with Gasteiger partial charge in [-0.15, -0.1) is 0 Å². The molecule has 0 fully saturated rings. The Morgan fingerprint density at radius 3 is 1.48 bits per heavy atom. The van der Waals surface area contributed by atoms with Crippen molar-refractivity contribution in [1.82, 2.24) is 0 Å². The normalized spacial score (nSPS) is 12.3. The summed E-state index contributed by atoms with van der Waals surface area (Å²) in [7, 11) is 0. The van der Waals surface area contributed by atoms with Gasteiger partial charge in [-0.2, -0.15) is 0 Å². The Kier molecular flexibility index (Phi) is 19.3. The van der Waals surface area contributed by atoms with Crippen molar-refractivity contribution in [3.05, 3.63) is 0 Å². The van der Waals surface area contributed by atoms with Crippen molar-refractivity contribution in [2.24, 2.45) is 0 Å². The smallest absolute Gasteiger partial charge is 0.335 e. The van der Waals surface area contributed by atoms with Crippen LogP contribution in [0, 0.1) is 0 Å². The van der Waals surface area contributed by atoms with E-state index < -0.39 is 0 Å². The molecule has 0 rings (SSSR count). The Morgan fingerprint density at radius 2 is 1.08 bits per heavy atom. The van der Waals surface area contributed by atoms with E-state index in [0.29, 0.717) is 13.2 Å². The number of hydrogen-bond acceptors (Lipinski definition) is 3. The minimum atomic E-state index is -0.359. The summed E-state index contributed by atoms with van der Waals surface area (Å²) in [4.78, 5) is 11.8. The van der Waals surface area contributed by atoms with Crippen LogP contribution in [0.5, 0.6) is 0 Å². The molecule has 0 aliphatic rings. The zero-order chi connectivity index (χ0) is 18.6. The highest BCUT2D eigenvalue weighted by Crippen LogP contribution is 2.14. The number of rotatable bonds is 19. The molecule has 0 bridgehead atoms. The molecule has 0 aromatic carbocycles. The van der Waals surface area contributed by atoms with Crippen molar-refractivity contribution in [1.29, 1.82) is 0 Å². The van der Waals surface area contributed by atoms with Crippen molar-refractivity contribution >= 4 is 5.97 Å². The Labute approximate surface area is 157 Å². The van der Waals surface area contributed by atoms with Gasteiger partial charge in [-0.3, -0.25) is 0 Å². The highest BCUT2D eigenvalue weighted by molar-refractivity contribution is 5.74. The van der Waals surface area contributed by atoms with Crippen LogP contribution in [-0.2, 0) is 14.3 Å². The number of carbonyl (C=O) groups is 1. The molecule has 0 N–H and O–H groups in total. The monoisotopic (exact) mass is 356 g/mol. The highest BCUT2D eigenvalue weighted by atomic mass is 16.6. The van der Waals surface area contributed by atoms with E-state index in [1.54, 1.807) is 0 Å². The van der Waals surface area contributed by atoms with Crippen LogP contribution in [-0.4, -0.2) is 25.3 Å². The van der Waals surface area contributed by atoms with Crippen LogP contribution < -0.4 is 0 Å². The minimum Gasteiger partial charge on any atom is -0.464 e. The molecule has 0 amide bonds. The molecular weight excluding hydrogens is 312 g/mol. The van der Waals surface area contributed by atoms with Gasteiger partial charge >= 0.3 is 5.97 Å². The van der Waals surface area contributed by atoms with Gasteiger partial charge < -0.3 is 9.47 Å². The summed E-state index contributed by atoms with van der Waals surface area (Å²) in [5, 5.41) is 0. The second-order valence-corrected chi connectivity index (χ2v) is 7.08. The van der Waals surface area contributed by atoms with Gasteiger partial charge in [-0.1, -0.05) is 96.8 Å². The molecule has 3 heteroatoms. The van der Waals surface area contributed by atoms with Gasteiger partial charge in [0.05, 0.1) is 6.61 Å². The van der Waals surface area contributed by atoms with E-state index >= 15 is 0 Å². The van der Waals surface area contributed by atoms with Crippen molar-refractivity contribution < 1.29 is 14.3 Å². The van der Waals surface area contributed by atoms with Crippen LogP contribution in [0.1, 0.15) is 117 Å². The van der Waals surface area contributed by atoms with E-state index in [4.69, 9.17) is 9.47 Å². The number of ether oxygens (including phenoxy) is 2. The van der Waals surface area contributed by atoms with Crippen LogP contribution in [0.15, 0.2) is 0 Å². The first-order valence-electron chi connectivity index (χ1n) is 11.0. The average molecular weight is 357 g/mol. The summed E-state index contributed by atoms with van der Waals surface area (Å²) < 4.78 is 10.6. The SMILES string of the molecule is CCCCCCCCCCCCCCCCC(OCC)C(=O)OCC. The van der Waals surface area contributed by atoms with Gasteiger partial charge in [-0.25, -0.2) is 4.79 Å². The van der Waals surface area contributed by atoms with E-state index in [1.807, 2.05) is 13.8 Å². The fourth-order valence-corrected chi connectivity index (χ4v) is 3.23. The predicted octanol–water partition coefficient (Wildman–Crippen LogP) is 6.83. The van der Waals surface area contributed by atoms with E-state index in [9.17, 15) is 4.79 Å². The van der Waals surface area contributed by atoms with Gasteiger partial charge in [-0.05, 0) is 20.3 Å². The van der Waals surface area contributed by atoms with Crippen LogP contribution in [0.3, 0.4) is 0 Å². The van der Waals surface area contributed by atoms with E-state index in [0.717, 1.165) is 12.8 Å². The maximum Gasteiger partial charge on any atom is 0.335 e. The molecule has 0 aliphatic carbocycles. The van der Waals surface area contributed by atoms with Gasteiger partial charge in [0.15, 0.2) is 6.10 Å². The molecule has 0 radical (unpaired) electrons. The van der Waals surface area contributed by atoms with Crippen molar-refractivity contribution in [2.45, 2.75) is 123 Å². The molecular formula is C22H44O3. The van der Waals surface area contributed by atoms with E-state index in [1.165, 1.54) is 83.5 Å². The second kappa shape index (κ2) is 19.8. The van der Waals surface area contributed by atoms with Crippen molar-refractivity contribution in [2.75, 3.05) is 13.2 Å². The lowest BCUT2D eigenvalue weighted by Crippen LogP contribution is -2.26. The van der Waals surface area contributed by atoms with Gasteiger partial charge in [0.1, 0.15) is 0 Å². The van der Waals surface area contributed by atoms with Crippen LogP contribution in [0.25, 0.3) is 0 Å². The van der Waals surface area contributed by atoms with Gasteiger partial charge in [0.25, 0.3) is 0 Å². The first-order chi connectivity index (χ1) is 12.3. The van der Waals surface area contributed by atoms with E-state index in [2.05, 4.69) is 6.92 Å². The molecule has 0 aromatic heterocycles. The number of hydrogen-bond donors (Lipinski definition) is 0. The Morgan fingerprint density at radius 1 is 0.640 bits per heavy atom. The molecule has 0 heterocycles. The van der Waals surface area contributed by atoms with Crippen LogP contribution >= 0.6 is 0 Å². The lowest BCUT2D eigenvalue weighted by atomic mass is 10.0. The summed E-state index contributed by atoms with van der Waals surface area (Å²) in [5.41, 5.74) is 0. The number of unbranched alkanes of at least 4 members (excludes halogenated alkanes) is 13. The molecule has 3 nitrogen and oxygen atoms in total. The fourth-order valence-electron chi connectivity index (χ4n) is 3.23. The maximum atomic E-state index is 11.8. The Bertz CT molecular complexity index is 278. The molecule has 0 spiro atoms. The Hall–Kier alpha value is -0.570. The maximum absolute atomic E-state index is 11.8. The number of esters is 1.